The number of rotatable bonds is 5. The van der Waals surface area contributed by atoms with Gasteiger partial charge in [-0.2, -0.15) is 0 Å². The monoisotopic (exact) mass is 340 g/mol. The maximum atomic E-state index is 5.52. The van der Waals surface area contributed by atoms with Crippen LogP contribution in [0, 0.1) is 0 Å². The largest absolute Gasteiger partial charge is 0.496 e. The van der Waals surface area contributed by atoms with Gasteiger partial charge >= 0.3 is 0 Å². The maximum Gasteiger partial charge on any atom is 0.134 e. The van der Waals surface area contributed by atoms with Crippen molar-refractivity contribution >= 4 is 23.2 Å². The molecule has 0 aliphatic heterocycles. The topological polar surface area (TPSA) is 27.1 Å². The minimum Gasteiger partial charge on any atom is -0.496 e. The zero-order valence-corrected chi connectivity index (χ0v) is 14.7. The fourth-order valence-electron chi connectivity index (χ4n) is 3.13. The number of nitrogens with zero attached hydrogens (tertiary/aromatic N) is 2. The molecule has 0 fully saturated rings. The molecule has 0 aliphatic rings. The van der Waals surface area contributed by atoms with Crippen LogP contribution in [0.2, 0.25) is 0 Å². The van der Waals surface area contributed by atoms with Crippen molar-refractivity contribution in [2.24, 2.45) is 0 Å². The smallest absolute Gasteiger partial charge is 0.134 e. The molecule has 26 heavy (non-hydrogen) atoms. The molecule has 0 radical (unpaired) electrons. The summed E-state index contributed by atoms with van der Waals surface area (Å²) in [4.78, 5) is 4.81. The zero-order chi connectivity index (χ0) is 17.8. The van der Waals surface area contributed by atoms with Crippen LogP contribution in [0.5, 0.6) is 5.75 Å². The zero-order valence-electron chi connectivity index (χ0n) is 14.7. The predicted molar refractivity (Wildman–Crippen MR) is 107 cm³/mol. The number of benzene rings is 3. The lowest BCUT2D eigenvalue weighted by atomic mass is 10.2. The maximum absolute atomic E-state index is 5.52. The van der Waals surface area contributed by atoms with Crippen molar-refractivity contribution in [3.05, 3.63) is 95.8 Å². The number of hydrogen-bond acceptors (Lipinski definition) is 2. The minimum absolute atomic E-state index is 0.707. The van der Waals surface area contributed by atoms with Gasteiger partial charge < -0.3 is 9.30 Å². The van der Waals surface area contributed by atoms with Crippen molar-refractivity contribution < 1.29 is 4.74 Å². The lowest BCUT2D eigenvalue weighted by Crippen LogP contribution is -2.03. The molecule has 3 heteroatoms. The van der Waals surface area contributed by atoms with Crippen LogP contribution < -0.4 is 4.74 Å². The standard InChI is InChI=1S/C23H20N2O/c1-26-22-14-8-5-11-19(22)17-25-21-13-7-6-12-20(21)24-23(25)16-15-18-9-3-2-4-10-18/h2-16H,17H2,1H3. The minimum atomic E-state index is 0.707. The third kappa shape index (κ3) is 3.24. The average Bonchev–Trinajstić information content (AvgIpc) is 3.05. The molecule has 0 aliphatic carbocycles. The first-order chi connectivity index (χ1) is 12.8. The number of imidazole rings is 1. The molecule has 3 nitrogen and oxygen atoms in total. The van der Waals surface area contributed by atoms with Gasteiger partial charge in [-0.05, 0) is 29.8 Å². The van der Waals surface area contributed by atoms with Crippen LogP contribution in [-0.2, 0) is 6.54 Å². The molecule has 0 N–H and O–H groups in total. The molecule has 3 aromatic carbocycles. The Morgan fingerprint density at radius 1 is 0.846 bits per heavy atom. The van der Waals surface area contributed by atoms with Crippen molar-refractivity contribution in [3.8, 4) is 5.75 Å². The van der Waals surface area contributed by atoms with Crippen molar-refractivity contribution in [3.63, 3.8) is 0 Å². The summed E-state index contributed by atoms with van der Waals surface area (Å²) in [6.07, 6.45) is 4.17. The quantitative estimate of drug-likeness (QED) is 0.495. The number of para-hydroxylation sites is 3. The van der Waals surface area contributed by atoms with E-state index in [4.69, 9.17) is 9.72 Å². The molecule has 1 aromatic heterocycles. The van der Waals surface area contributed by atoms with Crippen molar-refractivity contribution in [2.45, 2.75) is 6.54 Å². The first-order valence-electron chi connectivity index (χ1n) is 8.65. The fraction of sp³-hybridized carbons (Fsp3) is 0.0870. The number of methoxy groups -OCH3 is 1. The van der Waals surface area contributed by atoms with Crippen LogP contribution in [0.25, 0.3) is 23.2 Å². The highest BCUT2D eigenvalue weighted by Crippen LogP contribution is 2.24. The molecule has 0 amide bonds. The molecule has 4 rings (SSSR count). The highest BCUT2D eigenvalue weighted by Gasteiger charge is 2.11. The normalized spacial score (nSPS) is 11.3. The van der Waals surface area contributed by atoms with E-state index in [1.165, 1.54) is 0 Å². The van der Waals surface area contributed by atoms with E-state index in [1.54, 1.807) is 7.11 Å². The second-order valence-corrected chi connectivity index (χ2v) is 6.10. The number of aromatic nitrogens is 2. The van der Waals surface area contributed by atoms with Crippen molar-refractivity contribution in [1.82, 2.24) is 9.55 Å². The molecule has 0 saturated carbocycles. The first-order valence-corrected chi connectivity index (χ1v) is 8.65. The van der Waals surface area contributed by atoms with E-state index in [0.717, 1.165) is 33.7 Å². The molecule has 0 atom stereocenters. The second kappa shape index (κ2) is 7.28. The first kappa shape index (κ1) is 16.2. The van der Waals surface area contributed by atoms with E-state index >= 15 is 0 Å². The van der Waals surface area contributed by atoms with Crippen LogP contribution in [-0.4, -0.2) is 16.7 Å². The van der Waals surface area contributed by atoms with Gasteiger partial charge in [-0.3, -0.25) is 0 Å². The van der Waals surface area contributed by atoms with Gasteiger partial charge in [0, 0.05) is 5.56 Å². The molecule has 0 unspecified atom stereocenters. The molecule has 4 aromatic rings. The average molecular weight is 340 g/mol. The Labute approximate surface area is 153 Å². The van der Waals surface area contributed by atoms with E-state index in [-0.39, 0.29) is 0 Å². The Morgan fingerprint density at radius 2 is 1.58 bits per heavy atom. The lowest BCUT2D eigenvalue weighted by molar-refractivity contribution is 0.408. The highest BCUT2D eigenvalue weighted by atomic mass is 16.5. The molecule has 0 spiro atoms. The second-order valence-electron chi connectivity index (χ2n) is 6.10. The van der Waals surface area contributed by atoms with Crippen LogP contribution in [0.15, 0.2) is 78.9 Å². The number of hydrogen-bond donors (Lipinski definition) is 0. The van der Waals surface area contributed by atoms with Gasteiger partial charge in [-0.25, -0.2) is 4.98 Å². The van der Waals surface area contributed by atoms with Crippen LogP contribution >= 0.6 is 0 Å². The Hall–Kier alpha value is -3.33. The van der Waals surface area contributed by atoms with Crippen molar-refractivity contribution in [2.75, 3.05) is 7.11 Å². The van der Waals surface area contributed by atoms with Gasteiger partial charge in [0.1, 0.15) is 11.6 Å². The van der Waals surface area contributed by atoms with Crippen LogP contribution in [0.3, 0.4) is 0 Å². The third-order valence-electron chi connectivity index (χ3n) is 4.43. The summed E-state index contributed by atoms with van der Waals surface area (Å²) in [6.45, 7) is 0.707. The summed E-state index contributed by atoms with van der Waals surface area (Å²) in [5, 5.41) is 0. The van der Waals surface area contributed by atoms with Crippen molar-refractivity contribution in [1.29, 1.82) is 0 Å². The lowest BCUT2D eigenvalue weighted by Gasteiger charge is -2.11. The van der Waals surface area contributed by atoms with Crippen LogP contribution in [0.4, 0.5) is 0 Å². The van der Waals surface area contributed by atoms with Gasteiger partial charge in [0.2, 0.25) is 0 Å². The summed E-state index contributed by atoms with van der Waals surface area (Å²) in [5.74, 6) is 1.82. The predicted octanol–water partition coefficient (Wildman–Crippen LogP) is 5.26. The summed E-state index contributed by atoms with van der Waals surface area (Å²) >= 11 is 0. The Balaban J connectivity index is 1.78. The molecule has 128 valence electrons. The SMILES string of the molecule is COc1ccccc1Cn1c(C=Cc2ccccc2)nc2ccccc21. The fourth-order valence-corrected chi connectivity index (χ4v) is 3.13. The molecule has 1 heterocycles. The third-order valence-corrected chi connectivity index (χ3v) is 4.43. The van der Waals surface area contributed by atoms with Gasteiger partial charge in [0.25, 0.3) is 0 Å². The van der Waals surface area contributed by atoms with Gasteiger partial charge in [0.05, 0.1) is 24.7 Å². The summed E-state index contributed by atoms with van der Waals surface area (Å²) in [6, 6.07) is 26.6. The number of ether oxygens (including phenoxy) is 1. The highest BCUT2D eigenvalue weighted by molar-refractivity contribution is 5.80. The van der Waals surface area contributed by atoms with E-state index < -0.39 is 0 Å². The van der Waals surface area contributed by atoms with E-state index in [0.29, 0.717) is 6.54 Å². The van der Waals surface area contributed by atoms with Gasteiger partial charge in [-0.15, -0.1) is 0 Å². The summed E-state index contributed by atoms with van der Waals surface area (Å²) in [7, 11) is 1.71. The molecule has 0 saturated heterocycles. The van der Waals surface area contributed by atoms with Gasteiger partial charge in [0.15, 0.2) is 0 Å². The van der Waals surface area contributed by atoms with Gasteiger partial charge in [-0.1, -0.05) is 66.7 Å². The summed E-state index contributed by atoms with van der Waals surface area (Å²) in [5.41, 5.74) is 4.40. The van der Waals surface area contributed by atoms with E-state index in [1.807, 2.05) is 54.6 Å². The van der Waals surface area contributed by atoms with Crippen LogP contribution in [0.1, 0.15) is 17.0 Å². The van der Waals surface area contributed by atoms with E-state index in [9.17, 15) is 0 Å². The molecule has 0 bridgehead atoms. The molecular weight excluding hydrogens is 320 g/mol. The Bertz CT molecular complexity index is 1050. The Kier molecular flexibility index (Phi) is 4.52. The van der Waals surface area contributed by atoms with E-state index in [2.05, 4.69) is 41.0 Å². The molecular formula is C23H20N2O. The Morgan fingerprint density at radius 3 is 2.42 bits per heavy atom. The number of fused-ring (bicyclic) bond motifs is 1. The summed E-state index contributed by atoms with van der Waals surface area (Å²) < 4.78 is 7.75.